The molecule has 0 saturated carbocycles. The first-order chi connectivity index (χ1) is 20.1. The monoisotopic (exact) mass is 593 g/mol. The molecule has 3 heterocycles. The van der Waals surface area contributed by atoms with Crippen LogP contribution in [0.1, 0.15) is 28.8 Å². The second-order valence-corrected chi connectivity index (χ2v) is 12.4. The van der Waals surface area contributed by atoms with E-state index >= 15 is 0 Å². The Kier molecular flexibility index (Phi) is 10.7. The minimum Gasteiger partial charge on any atom is -0.368 e. The maximum absolute atomic E-state index is 13.8. The molecular weight excluding hydrogens is 554 g/mol. The summed E-state index contributed by atoms with van der Waals surface area (Å²) in [5.74, 6) is -0.152. The lowest BCUT2D eigenvalue weighted by Gasteiger charge is -2.38. The second kappa shape index (κ2) is 14.8. The van der Waals surface area contributed by atoms with Gasteiger partial charge in [0.05, 0.1) is 5.92 Å². The van der Waals surface area contributed by atoms with E-state index in [9.17, 15) is 9.59 Å². The number of hydrogen-bond donors (Lipinski definition) is 3. The molecule has 3 aromatic rings. The molecule has 2 atom stereocenters. The molecular formula is C32H40ClN5O2S. The number of carbonyl (C=O) groups excluding carboxylic acids is 2. The molecule has 0 bridgehead atoms. The van der Waals surface area contributed by atoms with E-state index in [1.807, 2.05) is 29.2 Å². The van der Waals surface area contributed by atoms with Crippen LogP contribution < -0.4 is 20.9 Å². The van der Waals surface area contributed by atoms with Crippen molar-refractivity contribution < 1.29 is 9.59 Å². The zero-order valence-electron chi connectivity index (χ0n) is 23.5. The van der Waals surface area contributed by atoms with Crippen LogP contribution in [0.15, 0.2) is 66.0 Å². The number of para-hydroxylation sites is 1. The summed E-state index contributed by atoms with van der Waals surface area (Å²) in [4.78, 5) is 32.6. The van der Waals surface area contributed by atoms with Crippen LogP contribution in [0.3, 0.4) is 0 Å². The van der Waals surface area contributed by atoms with E-state index in [2.05, 4.69) is 62.6 Å². The molecule has 2 aliphatic heterocycles. The van der Waals surface area contributed by atoms with Gasteiger partial charge in [-0.3, -0.25) is 9.59 Å². The number of piperazine rings is 1. The summed E-state index contributed by atoms with van der Waals surface area (Å²) >= 11 is 7.89. The van der Waals surface area contributed by atoms with Gasteiger partial charge in [0.25, 0.3) is 0 Å². The summed E-state index contributed by atoms with van der Waals surface area (Å²) in [6.45, 7) is 6.11. The summed E-state index contributed by atoms with van der Waals surface area (Å²) in [7, 11) is 0. The average molecular weight is 594 g/mol. The van der Waals surface area contributed by atoms with E-state index in [-0.39, 0.29) is 17.7 Å². The van der Waals surface area contributed by atoms with Gasteiger partial charge in [0, 0.05) is 67.8 Å². The molecule has 218 valence electrons. The lowest BCUT2D eigenvalue weighted by Crippen LogP contribution is -2.57. The van der Waals surface area contributed by atoms with Crippen LogP contribution in [0.5, 0.6) is 0 Å². The van der Waals surface area contributed by atoms with Gasteiger partial charge in [0.15, 0.2) is 0 Å². The van der Waals surface area contributed by atoms with E-state index in [0.29, 0.717) is 31.1 Å². The van der Waals surface area contributed by atoms with Crippen molar-refractivity contribution in [1.82, 2.24) is 20.9 Å². The first-order valence-corrected chi connectivity index (χ1v) is 15.9. The van der Waals surface area contributed by atoms with Gasteiger partial charge in [0.2, 0.25) is 11.8 Å². The lowest BCUT2D eigenvalue weighted by atomic mass is 9.97. The SMILES string of the molecule is O=C(NC(Cc1ccc(Cl)cc1)C(=O)N1CCN(c2ccccc2CNCCc2cccs2)CC1)C1CCCNC1. The van der Waals surface area contributed by atoms with Crippen LogP contribution in [0, 0.1) is 5.92 Å². The molecule has 2 aromatic carbocycles. The number of hydrogen-bond acceptors (Lipinski definition) is 6. The molecule has 9 heteroatoms. The number of halogens is 1. The first kappa shape index (κ1) is 29.6. The van der Waals surface area contributed by atoms with E-state index in [4.69, 9.17) is 11.6 Å². The number of benzene rings is 2. The van der Waals surface area contributed by atoms with Gasteiger partial charge in [-0.15, -0.1) is 11.3 Å². The number of carbonyl (C=O) groups is 2. The van der Waals surface area contributed by atoms with Crippen LogP contribution in [0.25, 0.3) is 0 Å². The highest BCUT2D eigenvalue weighted by Gasteiger charge is 2.31. The fourth-order valence-electron chi connectivity index (χ4n) is 5.67. The molecule has 2 fully saturated rings. The Hall–Kier alpha value is -2.91. The number of rotatable bonds is 11. The van der Waals surface area contributed by atoms with Crippen LogP contribution in [-0.4, -0.2) is 68.6 Å². The highest BCUT2D eigenvalue weighted by molar-refractivity contribution is 7.09. The fraction of sp³-hybridized carbons (Fsp3) is 0.438. The minimum absolute atomic E-state index is 0.0137. The van der Waals surface area contributed by atoms with Crippen molar-refractivity contribution in [2.75, 3.05) is 50.7 Å². The molecule has 0 aliphatic carbocycles. The molecule has 1 aromatic heterocycles. The molecule has 7 nitrogen and oxygen atoms in total. The third-order valence-corrected chi connectivity index (χ3v) is 9.19. The van der Waals surface area contributed by atoms with E-state index < -0.39 is 6.04 Å². The van der Waals surface area contributed by atoms with Crippen molar-refractivity contribution >= 4 is 40.4 Å². The number of anilines is 1. The maximum Gasteiger partial charge on any atom is 0.245 e. The van der Waals surface area contributed by atoms with Gasteiger partial charge in [-0.25, -0.2) is 0 Å². The van der Waals surface area contributed by atoms with Crippen molar-refractivity contribution in [2.45, 2.75) is 38.3 Å². The second-order valence-electron chi connectivity index (χ2n) is 10.9. The van der Waals surface area contributed by atoms with Crippen LogP contribution in [-0.2, 0) is 29.0 Å². The predicted molar refractivity (Wildman–Crippen MR) is 168 cm³/mol. The van der Waals surface area contributed by atoms with Gasteiger partial charge < -0.3 is 25.8 Å². The summed E-state index contributed by atoms with van der Waals surface area (Å²) < 4.78 is 0. The highest BCUT2D eigenvalue weighted by Crippen LogP contribution is 2.23. The predicted octanol–water partition coefficient (Wildman–Crippen LogP) is 4.11. The topological polar surface area (TPSA) is 76.7 Å². The number of nitrogens with one attached hydrogen (secondary N) is 3. The normalized spacial score (nSPS) is 18.2. The highest BCUT2D eigenvalue weighted by atomic mass is 35.5. The maximum atomic E-state index is 13.8. The average Bonchev–Trinajstić information content (AvgIpc) is 3.54. The lowest BCUT2D eigenvalue weighted by molar-refractivity contribution is -0.137. The van der Waals surface area contributed by atoms with Crippen molar-refractivity contribution in [1.29, 1.82) is 0 Å². The van der Waals surface area contributed by atoms with Gasteiger partial charge in [0.1, 0.15) is 6.04 Å². The van der Waals surface area contributed by atoms with Crippen molar-refractivity contribution in [2.24, 2.45) is 5.92 Å². The largest absolute Gasteiger partial charge is 0.368 e. The Morgan fingerprint density at radius 2 is 1.83 bits per heavy atom. The quantitative estimate of drug-likeness (QED) is 0.292. The van der Waals surface area contributed by atoms with Crippen molar-refractivity contribution in [3.05, 3.63) is 87.1 Å². The number of amides is 2. The number of thiophene rings is 1. The minimum atomic E-state index is -0.600. The molecule has 2 saturated heterocycles. The van der Waals surface area contributed by atoms with Gasteiger partial charge >= 0.3 is 0 Å². The Morgan fingerprint density at radius 3 is 2.56 bits per heavy atom. The van der Waals surface area contributed by atoms with Gasteiger partial charge in [-0.1, -0.05) is 48.0 Å². The standard InChI is InChI=1S/C32H40ClN5O2S/c33-27-11-9-24(10-12-27)21-29(36-31(39)26-6-3-14-34-23-26)32(40)38-18-16-37(17-19-38)30-8-2-1-5-25(30)22-35-15-13-28-7-4-20-41-28/h1-2,4-5,7-12,20,26,29,34-35H,3,6,13-19,21-23H2,(H,36,39). The third-order valence-electron chi connectivity index (χ3n) is 8.00. The van der Waals surface area contributed by atoms with Gasteiger partial charge in [-0.2, -0.15) is 0 Å². The molecule has 41 heavy (non-hydrogen) atoms. The molecule has 0 radical (unpaired) electrons. The zero-order chi connectivity index (χ0) is 28.4. The molecule has 3 N–H and O–H groups in total. The van der Waals surface area contributed by atoms with Crippen LogP contribution in [0.2, 0.25) is 5.02 Å². The molecule has 2 unspecified atom stereocenters. The Bertz CT molecular complexity index is 1260. The molecule has 5 rings (SSSR count). The smallest absolute Gasteiger partial charge is 0.245 e. The summed E-state index contributed by atoms with van der Waals surface area (Å²) in [5, 5.41) is 12.8. The number of piperidine rings is 1. The van der Waals surface area contributed by atoms with Crippen LogP contribution in [0.4, 0.5) is 5.69 Å². The molecule has 2 amide bonds. The molecule has 0 spiro atoms. The Labute approximate surface area is 252 Å². The summed E-state index contributed by atoms with van der Waals surface area (Å²) in [5.41, 5.74) is 3.47. The summed E-state index contributed by atoms with van der Waals surface area (Å²) in [6.07, 6.45) is 3.30. The fourth-order valence-corrected chi connectivity index (χ4v) is 6.50. The third kappa shape index (κ3) is 8.32. The van der Waals surface area contributed by atoms with E-state index in [1.54, 1.807) is 11.3 Å². The van der Waals surface area contributed by atoms with Crippen molar-refractivity contribution in [3.8, 4) is 0 Å². The molecule has 2 aliphatic rings. The Morgan fingerprint density at radius 1 is 1.02 bits per heavy atom. The van der Waals surface area contributed by atoms with Crippen LogP contribution >= 0.6 is 22.9 Å². The zero-order valence-corrected chi connectivity index (χ0v) is 25.1. The Balaban J connectivity index is 1.19. The first-order valence-electron chi connectivity index (χ1n) is 14.7. The van der Waals surface area contributed by atoms with Crippen molar-refractivity contribution in [3.63, 3.8) is 0 Å². The van der Waals surface area contributed by atoms with E-state index in [0.717, 1.165) is 57.5 Å². The van der Waals surface area contributed by atoms with Gasteiger partial charge in [-0.05, 0) is 66.6 Å². The van der Waals surface area contributed by atoms with E-state index in [1.165, 1.54) is 16.1 Å². The summed E-state index contributed by atoms with van der Waals surface area (Å²) in [6, 6.07) is 19.7. The number of nitrogens with zero attached hydrogens (tertiary/aromatic N) is 2.